The van der Waals surface area contributed by atoms with Crippen LogP contribution in [0.3, 0.4) is 0 Å². The van der Waals surface area contributed by atoms with E-state index in [-0.39, 0.29) is 30.4 Å². The van der Waals surface area contributed by atoms with Crippen LogP contribution in [-0.4, -0.2) is 28.3 Å². The van der Waals surface area contributed by atoms with Crippen molar-refractivity contribution in [3.63, 3.8) is 0 Å². The predicted octanol–water partition coefficient (Wildman–Crippen LogP) is 3.14. The van der Waals surface area contributed by atoms with Crippen LogP contribution in [0.1, 0.15) is 37.8 Å². The second-order valence-corrected chi connectivity index (χ2v) is 5.83. The molecule has 7 nitrogen and oxygen atoms in total. The van der Waals surface area contributed by atoms with Gasteiger partial charge in [0.25, 0.3) is 5.91 Å². The number of carbonyl (C=O) groups is 2. The first-order chi connectivity index (χ1) is 13.0. The highest BCUT2D eigenvalue weighted by Crippen LogP contribution is 2.22. The van der Waals surface area contributed by atoms with Crippen LogP contribution < -0.4 is 10.5 Å². The van der Waals surface area contributed by atoms with Crippen molar-refractivity contribution < 1.29 is 14.7 Å². The van der Waals surface area contributed by atoms with Crippen molar-refractivity contribution in [1.82, 2.24) is 10.5 Å². The Kier molecular flexibility index (Phi) is 6.93. The van der Waals surface area contributed by atoms with Gasteiger partial charge in [0.05, 0.1) is 11.9 Å². The lowest BCUT2D eigenvalue weighted by atomic mass is 10.2. The lowest BCUT2D eigenvalue weighted by molar-refractivity contribution is -0.142. The number of benzene rings is 2. The van der Waals surface area contributed by atoms with Crippen molar-refractivity contribution in [2.45, 2.75) is 33.6 Å². The molecule has 2 amide bonds. The van der Waals surface area contributed by atoms with Gasteiger partial charge in [0.2, 0.25) is 5.91 Å². The van der Waals surface area contributed by atoms with Crippen molar-refractivity contribution >= 4 is 23.7 Å². The second-order valence-electron chi connectivity index (χ2n) is 5.83. The monoisotopic (exact) mass is 368 g/mol. The molecule has 0 radical (unpaired) electrons. The Bertz CT molecular complexity index is 835. The number of hydrazine groups is 2. The van der Waals surface area contributed by atoms with E-state index in [0.29, 0.717) is 11.3 Å². The van der Waals surface area contributed by atoms with Gasteiger partial charge in [-0.3, -0.25) is 9.59 Å². The van der Waals surface area contributed by atoms with Crippen LogP contribution >= 0.6 is 0 Å². The Labute approximate surface area is 158 Å². The molecule has 142 valence electrons. The van der Waals surface area contributed by atoms with Gasteiger partial charge in [-0.25, -0.2) is 5.43 Å². The topological polar surface area (TPSA) is 85.2 Å². The third-order valence-electron chi connectivity index (χ3n) is 3.85. The molecule has 0 saturated heterocycles. The molecule has 2 aromatic carbocycles. The maximum Gasteiger partial charge on any atom is 0.262 e. The Morgan fingerprint density at radius 1 is 1.07 bits per heavy atom. The van der Waals surface area contributed by atoms with Crippen LogP contribution in [0, 0.1) is 6.92 Å². The number of nitrogens with zero attached hydrogens (tertiary/aromatic N) is 3. The first kappa shape index (κ1) is 20.0. The summed E-state index contributed by atoms with van der Waals surface area (Å²) in [5, 5.41) is 16.8. The average Bonchev–Trinajstić information content (AvgIpc) is 2.68. The van der Waals surface area contributed by atoms with Crippen molar-refractivity contribution in [3.8, 4) is 5.75 Å². The zero-order valence-corrected chi connectivity index (χ0v) is 15.7. The van der Waals surface area contributed by atoms with E-state index in [1.165, 1.54) is 11.3 Å². The van der Waals surface area contributed by atoms with Gasteiger partial charge in [-0.05, 0) is 30.7 Å². The van der Waals surface area contributed by atoms with E-state index in [4.69, 9.17) is 0 Å². The Morgan fingerprint density at radius 2 is 1.74 bits per heavy atom. The highest BCUT2D eigenvalue weighted by Gasteiger charge is 2.23. The molecule has 0 bridgehead atoms. The van der Waals surface area contributed by atoms with E-state index in [1.807, 2.05) is 25.1 Å². The minimum Gasteiger partial charge on any atom is -0.507 e. The number of rotatable bonds is 6. The van der Waals surface area contributed by atoms with E-state index >= 15 is 0 Å². The lowest BCUT2D eigenvalue weighted by Gasteiger charge is -2.32. The lowest BCUT2D eigenvalue weighted by Crippen LogP contribution is -2.54. The molecule has 0 fully saturated rings. The van der Waals surface area contributed by atoms with Gasteiger partial charge in [-0.1, -0.05) is 44.2 Å². The van der Waals surface area contributed by atoms with E-state index in [1.54, 1.807) is 44.2 Å². The summed E-state index contributed by atoms with van der Waals surface area (Å²) < 4.78 is 0. The quantitative estimate of drug-likeness (QED) is 0.606. The van der Waals surface area contributed by atoms with Crippen molar-refractivity contribution in [2.24, 2.45) is 5.10 Å². The summed E-state index contributed by atoms with van der Waals surface area (Å²) in [5.41, 5.74) is 4.57. The molecule has 0 aliphatic rings. The third-order valence-corrected chi connectivity index (χ3v) is 3.85. The summed E-state index contributed by atoms with van der Waals surface area (Å²) >= 11 is 0. The van der Waals surface area contributed by atoms with Crippen LogP contribution in [-0.2, 0) is 9.59 Å². The number of hydrogen-bond donors (Lipinski definition) is 2. The maximum absolute atomic E-state index is 12.5. The fourth-order valence-electron chi connectivity index (χ4n) is 2.29. The SMILES string of the molecule is CCC(=O)NN(C(=O)CC)N(/N=C/c1ccccc1O)c1ccccc1C. The van der Waals surface area contributed by atoms with Gasteiger partial charge in [0.1, 0.15) is 5.75 Å². The minimum absolute atomic E-state index is 0.0666. The Morgan fingerprint density at radius 3 is 2.37 bits per heavy atom. The number of hydrazone groups is 1. The molecule has 0 aromatic heterocycles. The molecule has 0 aliphatic carbocycles. The maximum atomic E-state index is 12.5. The van der Waals surface area contributed by atoms with E-state index in [2.05, 4.69) is 10.5 Å². The molecule has 0 spiro atoms. The van der Waals surface area contributed by atoms with Crippen LogP contribution in [0.25, 0.3) is 0 Å². The minimum atomic E-state index is -0.325. The number of aromatic hydroxyl groups is 1. The van der Waals surface area contributed by atoms with Crippen LogP contribution in [0.15, 0.2) is 53.6 Å². The first-order valence-corrected chi connectivity index (χ1v) is 8.78. The van der Waals surface area contributed by atoms with Gasteiger partial charge in [0.15, 0.2) is 0 Å². The van der Waals surface area contributed by atoms with Gasteiger partial charge in [0, 0.05) is 18.4 Å². The van der Waals surface area contributed by atoms with Crippen molar-refractivity contribution in [1.29, 1.82) is 0 Å². The van der Waals surface area contributed by atoms with Crippen molar-refractivity contribution in [3.05, 3.63) is 59.7 Å². The van der Waals surface area contributed by atoms with Crippen LogP contribution in [0.4, 0.5) is 5.69 Å². The number of phenolic OH excluding ortho intramolecular Hbond substituents is 1. The molecule has 0 heterocycles. The molecule has 2 rings (SSSR count). The number of nitrogens with one attached hydrogen (secondary N) is 1. The zero-order chi connectivity index (χ0) is 19.8. The molecular formula is C20H24N4O3. The molecule has 7 heteroatoms. The molecule has 0 aliphatic heterocycles. The number of carbonyl (C=O) groups excluding carboxylic acids is 2. The standard InChI is InChI=1S/C20H24N4O3/c1-4-19(26)22-24(20(27)5-2)23(17-12-8-6-10-15(17)3)21-14-16-11-7-9-13-18(16)25/h6-14,25H,4-5H2,1-3H3,(H,22,26)/b21-14+. The normalized spacial score (nSPS) is 10.6. The summed E-state index contributed by atoms with van der Waals surface area (Å²) in [6.07, 6.45) is 1.84. The fourth-order valence-corrected chi connectivity index (χ4v) is 2.29. The Balaban J connectivity index is 2.50. The second kappa shape index (κ2) is 9.38. The molecule has 0 unspecified atom stereocenters. The van der Waals surface area contributed by atoms with Crippen molar-refractivity contribution in [2.75, 3.05) is 5.12 Å². The number of phenols is 1. The highest BCUT2D eigenvalue weighted by molar-refractivity contribution is 5.86. The summed E-state index contributed by atoms with van der Waals surface area (Å²) in [5.74, 6) is -0.570. The molecular weight excluding hydrogens is 344 g/mol. The molecule has 0 atom stereocenters. The smallest absolute Gasteiger partial charge is 0.262 e. The molecule has 2 N–H and O–H groups in total. The van der Waals surface area contributed by atoms with Gasteiger partial charge < -0.3 is 5.11 Å². The van der Waals surface area contributed by atoms with Gasteiger partial charge >= 0.3 is 0 Å². The molecule has 2 aromatic rings. The highest BCUT2D eigenvalue weighted by atomic mass is 16.3. The third kappa shape index (κ3) is 5.07. The number of anilines is 1. The fraction of sp³-hybridized carbons (Fsp3) is 0.250. The first-order valence-electron chi connectivity index (χ1n) is 8.78. The Hall–Kier alpha value is -3.35. The number of para-hydroxylation sites is 2. The summed E-state index contributed by atoms with van der Waals surface area (Å²) in [7, 11) is 0. The zero-order valence-electron chi connectivity index (χ0n) is 15.7. The van der Waals surface area contributed by atoms with Gasteiger partial charge in [-0.2, -0.15) is 5.10 Å². The van der Waals surface area contributed by atoms with E-state index in [0.717, 1.165) is 10.7 Å². The summed E-state index contributed by atoms with van der Waals surface area (Å²) in [6, 6.07) is 14.1. The molecule has 27 heavy (non-hydrogen) atoms. The molecule has 0 saturated carbocycles. The number of hydrogen-bond acceptors (Lipinski definition) is 5. The van der Waals surface area contributed by atoms with E-state index < -0.39 is 0 Å². The van der Waals surface area contributed by atoms with E-state index in [9.17, 15) is 14.7 Å². The van der Waals surface area contributed by atoms with Crippen LogP contribution in [0.5, 0.6) is 5.75 Å². The average molecular weight is 368 g/mol. The largest absolute Gasteiger partial charge is 0.507 e. The number of aryl methyl sites for hydroxylation is 1. The van der Waals surface area contributed by atoms with Crippen LogP contribution in [0.2, 0.25) is 0 Å². The number of amides is 2. The summed E-state index contributed by atoms with van der Waals surface area (Å²) in [6.45, 7) is 5.29. The summed E-state index contributed by atoms with van der Waals surface area (Å²) in [4.78, 5) is 24.5. The predicted molar refractivity (Wildman–Crippen MR) is 105 cm³/mol. The van der Waals surface area contributed by atoms with Gasteiger partial charge in [-0.15, -0.1) is 10.2 Å².